The Kier molecular flexibility index (Phi) is 11.4. The first kappa shape index (κ1) is 20.2. The van der Waals surface area contributed by atoms with Crippen molar-refractivity contribution in [2.75, 3.05) is 5.73 Å². The van der Waals surface area contributed by atoms with Gasteiger partial charge in [-0.15, -0.1) is 13.2 Å². The number of anilines is 1. The van der Waals surface area contributed by atoms with Gasteiger partial charge in [0.2, 0.25) is 0 Å². The minimum Gasteiger partial charge on any atom is -0.542 e. The van der Waals surface area contributed by atoms with Crippen LogP contribution < -0.4 is 29.3 Å². The summed E-state index contributed by atoms with van der Waals surface area (Å²) in [6.07, 6.45) is -0.134. The van der Waals surface area contributed by atoms with E-state index in [1.165, 1.54) is 12.1 Å². The van der Waals surface area contributed by atoms with Gasteiger partial charge in [-0.3, -0.25) is 6.29 Å². The number of alkyl halides is 3. The van der Waals surface area contributed by atoms with E-state index in [4.69, 9.17) is 5.73 Å². The molecule has 102 valence electrons. The number of rotatable bonds is 4. The van der Waals surface area contributed by atoms with Crippen molar-refractivity contribution in [2.45, 2.75) is 32.5 Å². The van der Waals surface area contributed by atoms with Crippen molar-refractivity contribution in [3.05, 3.63) is 24.3 Å². The Morgan fingerprint density at radius 2 is 1.79 bits per heavy atom. The number of halogens is 3. The van der Waals surface area contributed by atoms with Crippen LogP contribution in [0, 0.1) is 0 Å². The molecule has 0 bridgehead atoms. The normalized spacial score (nSPS) is 9.68. The van der Waals surface area contributed by atoms with Crippen LogP contribution in [0.1, 0.15) is 26.2 Å². The van der Waals surface area contributed by atoms with Gasteiger partial charge in [0.15, 0.2) is 0 Å². The summed E-state index contributed by atoms with van der Waals surface area (Å²) in [6, 6.07) is 4.98. The molecule has 19 heavy (non-hydrogen) atoms. The molecule has 0 saturated carbocycles. The summed E-state index contributed by atoms with van der Waals surface area (Å²) >= 11 is 0. The van der Waals surface area contributed by atoms with Crippen molar-refractivity contribution in [3.8, 4) is 5.75 Å². The van der Waals surface area contributed by atoms with E-state index in [9.17, 15) is 18.0 Å². The number of nitrogen functional groups attached to an aromatic ring is 1. The molecule has 0 heterocycles. The second kappa shape index (κ2) is 10.8. The average molecular weight is 269 g/mol. The van der Waals surface area contributed by atoms with Crippen molar-refractivity contribution in [1.29, 1.82) is 0 Å². The molecule has 1 aromatic rings. The van der Waals surface area contributed by atoms with Gasteiger partial charge in [-0.2, -0.15) is 6.42 Å². The summed E-state index contributed by atoms with van der Waals surface area (Å²) in [5.41, 5.74) is 5.65. The quantitative estimate of drug-likeness (QED) is 0.374. The molecule has 0 spiro atoms. The summed E-state index contributed by atoms with van der Waals surface area (Å²) in [5, 5.41) is 0. The predicted molar refractivity (Wildman–Crippen MR) is 62.8 cm³/mol. The zero-order valence-corrected chi connectivity index (χ0v) is 11.0. The first-order valence-corrected chi connectivity index (χ1v) is 5.35. The molecule has 0 aliphatic carbocycles. The van der Waals surface area contributed by atoms with Crippen LogP contribution in [0.4, 0.5) is 18.9 Å². The third-order valence-corrected chi connectivity index (χ3v) is 1.75. The van der Waals surface area contributed by atoms with E-state index in [0.29, 0.717) is 12.1 Å². The van der Waals surface area contributed by atoms with E-state index >= 15 is 0 Å². The number of hydrogen-bond donors (Lipinski definition) is 1. The maximum Gasteiger partial charge on any atom is 1.00 e. The van der Waals surface area contributed by atoms with Crippen molar-refractivity contribution in [3.63, 3.8) is 0 Å². The molecule has 0 aromatic heterocycles. The second-order valence-electron chi connectivity index (χ2n) is 3.36. The average Bonchev–Trinajstić information content (AvgIpc) is 2.29. The summed E-state index contributed by atoms with van der Waals surface area (Å²) < 4.78 is 38.4. The zero-order valence-electron chi connectivity index (χ0n) is 11.0. The van der Waals surface area contributed by atoms with Gasteiger partial charge in [-0.25, -0.2) is 0 Å². The fraction of sp³-hybridized carbons (Fsp3) is 0.417. The molecule has 0 unspecified atom stereocenters. The molecule has 0 radical (unpaired) electrons. The first-order chi connectivity index (χ1) is 8.39. The van der Waals surface area contributed by atoms with Crippen LogP contribution in [0.5, 0.6) is 5.75 Å². The van der Waals surface area contributed by atoms with Gasteiger partial charge in [0, 0.05) is 5.69 Å². The van der Waals surface area contributed by atoms with Crippen molar-refractivity contribution in [2.24, 2.45) is 0 Å². The molecule has 0 amide bonds. The van der Waals surface area contributed by atoms with Crippen LogP contribution in [0.2, 0.25) is 0 Å². The van der Waals surface area contributed by atoms with Crippen molar-refractivity contribution in [1.82, 2.24) is 0 Å². The van der Waals surface area contributed by atoms with Gasteiger partial charge in [0.1, 0.15) is 5.75 Å². The molecule has 7 heteroatoms. The van der Waals surface area contributed by atoms with Crippen LogP contribution in [0.15, 0.2) is 24.3 Å². The third kappa shape index (κ3) is 13.1. The number of hydrogen-bond acceptors (Lipinski definition) is 3. The largest absolute Gasteiger partial charge is 1.00 e. The molecule has 3 nitrogen and oxygen atoms in total. The Labute approximate surface area is 122 Å². The van der Waals surface area contributed by atoms with Crippen LogP contribution in [-0.4, -0.2) is 12.6 Å². The van der Waals surface area contributed by atoms with Crippen LogP contribution in [-0.2, 0) is 4.79 Å². The number of carbonyl (C=O) groups excluding carboxylic acids is 1. The number of benzene rings is 1. The van der Waals surface area contributed by atoms with Crippen molar-refractivity contribution < 1.29 is 41.6 Å². The van der Waals surface area contributed by atoms with Gasteiger partial charge in [0.05, 0.1) is 0 Å². The number of nitrogens with two attached hydrogens (primary N) is 1. The Morgan fingerprint density at radius 3 is 2.11 bits per heavy atom. The molecule has 1 rings (SSSR count). The summed E-state index contributed by atoms with van der Waals surface area (Å²) in [6.45, 7) is 2.05. The smallest absolute Gasteiger partial charge is 0.542 e. The number of unbranched alkanes of at least 4 members (excludes halogenated alkanes) is 2. The van der Waals surface area contributed by atoms with Crippen LogP contribution in [0.3, 0.4) is 0 Å². The second-order valence-corrected chi connectivity index (χ2v) is 3.36. The maximum atomic E-state index is 11.6. The predicted octanol–water partition coefficient (Wildman–Crippen LogP) is 0.458. The molecule has 0 aliphatic heterocycles. The van der Waals surface area contributed by atoms with Crippen LogP contribution in [0.25, 0.3) is 0 Å². The topological polar surface area (TPSA) is 52.3 Å². The molecule has 2 N–H and O–H groups in total. The van der Waals surface area contributed by atoms with E-state index in [1.54, 1.807) is 0 Å². The Morgan fingerprint density at radius 1 is 1.26 bits per heavy atom. The van der Waals surface area contributed by atoms with Crippen molar-refractivity contribution >= 4 is 12.0 Å². The molecular formula is C12H15F3LiNO2. The molecule has 0 atom stereocenters. The van der Waals surface area contributed by atoms with Gasteiger partial charge in [-0.1, -0.05) is 19.8 Å². The Hall–Kier alpha value is -1.12. The molecule has 0 saturated heterocycles. The van der Waals surface area contributed by atoms with E-state index in [-0.39, 0.29) is 24.6 Å². The van der Waals surface area contributed by atoms with E-state index in [2.05, 4.69) is 11.7 Å². The SMILES string of the molecule is CCCC[C-]=O.Nc1ccc(OC(F)(F)F)cc1.[Li+]. The molecule has 1 aromatic carbocycles. The van der Waals surface area contributed by atoms with E-state index < -0.39 is 6.36 Å². The standard InChI is InChI=1S/C7H6F3NO.C5H9O.Li/c8-7(9,10)12-6-3-1-5(11)2-4-6;1-2-3-4-5-6;/h1-4H,11H2;2-4H2,1H3;/q;-1;+1. The summed E-state index contributed by atoms with van der Waals surface area (Å²) in [4.78, 5) is 9.44. The Balaban J connectivity index is 0. The van der Waals surface area contributed by atoms with Gasteiger partial charge in [-0.05, 0) is 24.3 Å². The fourth-order valence-electron chi connectivity index (χ4n) is 0.918. The van der Waals surface area contributed by atoms with Crippen LogP contribution >= 0.6 is 0 Å². The van der Waals surface area contributed by atoms with Gasteiger partial charge in [0.25, 0.3) is 0 Å². The Bertz CT molecular complexity index is 342. The molecule has 0 fully saturated rings. The van der Waals surface area contributed by atoms with Gasteiger partial charge < -0.3 is 15.3 Å². The third-order valence-electron chi connectivity index (χ3n) is 1.75. The zero-order chi connectivity index (χ0) is 14.0. The monoisotopic (exact) mass is 269 g/mol. The minimum absolute atomic E-state index is 0. The fourth-order valence-corrected chi connectivity index (χ4v) is 0.918. The number of ether oxygens (including phenoxy) is 1. The van der Waals surface area contributed by atoms with E-state index in [1.807, 2.05) is 6.29 Å². The molecular weight excluding hydrogens is 254 g/mol. The summed E-state index contributed by atoms with van der Waals surface area (Å²) in [5.74, 6) is -0.267. The minimum atomic E-state index is -4.64. The van der Waals surface area contributed by atoms with Gasteiger partial charge >= 0.3 is 25.2 Å². The first-order valence-electron chi connectivity index (χ1n) is 5.35. The van der Waals surface area contributed by atoms with E-state index in [0.717, 1.165) is 25.0 Å². The maximum absolute atomic E-state index is 11.6. The summed E-state index contributed by atoms with van der Waals surface area (Å²) in [7, 11) is 0. The molecule has 0 aliphatic rings.